The van der Waals surface area contributed by atoms with Crippen LogP contribution in [0.25, 0.3) is 0 Å². The van der Waals surface area contributed by atoms with E-state index in [0.29, 0.717) is 5.02 Å². The number of nitrogens with two attached hydrogens (primary N) is 2. The van der Waals surface area contributed by atoms with E-state index >= 15 is 0 Å². The van der Waals surface area contributed by atoms with Crippen LogP contribution in [-0.2, 0) is 0 Å². The predicted molar refractivity (Wildman–Crippen MR) is 43.1 cm³/mol. The number of hydrogen-bond acceptors (Lipinski definition) is 3. The van der Waals surface area contributed by atoms with Gasteiger partial charge >= 0.3 is 0 Å². The van der Waals surface area contributed by atoms with E-state index in [-0.39, 0.29) is 16.5 Å². The normalized spacial score (nSPS) is 9.80. The number of nitrogens with zero attached hydrogens (tertiary/aromatic N) is 1. The summed E-state index contributed by atoms with van der Waals surface area (Å²) in [6.45, 7) is 0. The number of nitrogen functional groups attached to an aromatic ring is 2. The second-order valence-corrected chi connectivity index (χ2v) is 2.50. The Morgan fingerprint density at radius 1 is 1.30 bits per heavy atom. The molecule has 0 aliphatic carbocycles. The molecule has 1 rings (SSSR count). The van der Waals surface area contributed by atoms with E-state index in [4.69, 9.17) is 34.7 Å². The first-order chi connectivity index (χ1) is 4.63. The van der Waals surface area contributed by atoms with Crippen molar-refractivity contribution in [2.75, 3.05) is 11.5 Å². The minimum absolute atomic E-state index is 0.203. The highest BCUT2D eigenvalue weighted by atomic mass is 35.5. The molecule has 0 aliphatic heterocycles. The summed E-state index contributed by atoms with van der Waals surface area (Å²) in [4.78, 5) is 3.68. The lowest BCUT2D eigenvalue weighted by atomic mass is 10.4. The molecule has 0 fully saturated rings. The summed E-state index contributed by atoms with van der Waals surface area (Å²) in [5.41, 5.74) is 10.9. The molecular formula is C5H5Cl2N3. The van der Waals surface area contributed by atoms with Crippen LogP contribution in [0.3, 0.4) is 0 Å². The zero-order valence-corrected chi connectivity index (χ0v) is 6.45. The van der Waals surface area contributed by atoms with Gasteiger partial charge in [0.2, 0.25) is 0 Å². The van der Waals surface area contributed by atoms with Crippen molar-refractivity contribution in [3.63, 3.8) is 0 Å². The monoisotopic (exact) mass is 177 g/mol. The lowest BCUT2D eigenvalue weighted by molar-refractivity contribution is 1.34. The van der Waals surface area contributed by atoms with Gasteiger partial charge in [0.15, 0.2) is 0 Å². The van der Waals surface area contributed by atoms with Crippen LogP contribution in [-0.4, -0.2) is 4.98 Å². The van der Waals surface area contributed by atoms with Crippen molar-refractivity contribution in [2.45, 2.75) is 0 Å². The van der Waals surface area contributed by atoms with Gasteiger partial charge in [-0.05, 0) is 0 Å². The van der Waals surface area contributed by atoms with Crippen LogP contribution >= 0.6 is 23.2 Å². The van der Waals surface area contributed by atoms with E-state index in [1.807, 2.05) is 0 Å². The Hall–Kier alpha value is -0.670. The Kier molecular flexibility index (Phi) is 1.87. The largest absolute Gasteiger partial charge is 0.394 e. The highest BCUT2D eigenvalue weighted by Gasteiger charge is 2.04. The lowest BCUT2D eigenvalue weighted by Crippen LogP contribution is -1.98. The maximum Gasteiger partial charge on any atom is 0.148 e. The van der Waals surface area contributed by atoms with Crippen LogP contribution in [0, 0.1) is 0 Å². The zero-order chi connectivity index (χ0) is 7.72. The molecule has 0 aliphatic rings. The lowest BCUT2D eigenvalue weighted by Gasteiger charge is -2.01. The smallest absolute Gasteiger partial charge is 0.148 e. The van der Waals surface area contributed by atoms with Crippen LogP contribution < -0.4 is 11.5 Å². The van der Waals surface area contributed by atoms with E-state index in [9.17, 15) is 0 Å². The molecule has 0 saturated carbocycles. The molecular weight excluding hydrogens is 173 g/mol. The van der Waals surface area contributed by atoms with E-state index in [1.165, 1.54) is 6.20 Å². The van der Waals surface area contributed by atoms with Crippen molar-refractivity contribution < 1.29 is 0 Å². The first-order valence-electron chi connectivity index (χ1n) is 2.48. The van der Waals surface area contributed by atoms with Crippen LogP contribution in [0.5, 0.6) is 0 Å². The first-order valence-corrected chi connectivity index (χ1v) is 3.23. The topological polar surface area (TPSA) is 64.9 Å². The minimum Gasteiger partial charge on any atom is -0.394 e. The molecule has 0 spiro atoms. The summed E-state index contributed by atoms with van der Waals surface area (Å²) >= 11 is 11.2. The number of anilines is 2. The zero-order valence-electron chi connectivity index (χ0n) is 4.94. The van der Waals surface area contributed by atoms with E-state index < -0.39 is 0 Å². The molecule has 3 nitrogen and oxygen atoms in total. The molecule has 54 valence electrons. The summed E-state index contributed by atoms with van der Waals surface area (Å²) in [5, 5.41) is 0.572. The maximum absolute atomic E-state index is 5.61. The van der Waals surface area contributed by atoms with Crippen LogP contribution in [0.1, 0.15) is 0 Å². The standard InChI is InChI=1S/C5H5Cl2N3/c6-2-1-10-5(9)4(8)3(2)7/h1H,8H2,(H2,9,10). The predicted octanol–water partition coefficient (Wildman–Crippen LogP) is 1.55. The average Bonchev–Trinajstić information content (AvgIpc) is 1.93. The van der Waals surface area contributed by atoms with Crippen LogP contribution in [0.15, 0.2) is 6.20 Å². The molecule has 0 bridgehead atoms. The van der Waals surface area contributed by atoms with Gasteiger partial charge in [0.1, 0.15) is 5.82 Å². The van der Waals surface area contributed by atoms with Crippen molar-refractivity contribution in [3.05, 3.63) is 16.2 Å². The van der Waals surface area contributed by atoms with E-state index in [2.05, 4.69) is 4.98 Å². The number of pyridine rings is 1. The minimum atomic E-state index is 0.203. The number of rotatable bonds is 0. The number of hydrogen-bond donors (Lipinski definition) is 2. The van der Waals surface area contributed by atoms with Gasteiger partial charge in [-0.25, -0.2) is 4.98 Å². The van der Waals surface area contributed by atoms with Gasteiger partial charge in [0, 0.05) is 6.20 Å². The van der Waals surface area contributed by atoms with Gasteiger partial charge in [-0.2, -0.15) is 0 Å². The first kappa shape index (κ1) is 7.44. The molecule has 0 amide bonds. The Morgan fingerprint density at radius 3 is 2.40 bits per heavy atom. The molecule has 0 radical (unpaired) electrons. The van der Waals surface area contributed by atoms with Crippen molar-refractivity contribution in [2.24, 2.45) is 0 Å². The third kappa shape index (κ3) is 1.10. The van der Waals surface area contributed by atoms with Crippen LogP contribution in [0.2, 0.25) is 10.0 Å². The summed E-state index contributed by atoms with van der Waals surface area (Å²) < 4.78 is 0. The molecule has 10 heavy (non-hydrogen) atoms. The SMILES string of the molecule is Nc1ncc(Cl)c(Cl)c1N. The summed E-state index contributed by atoms with van der Waals surface area (Å²) in [6.07, 6.45) is 1.36. The molecule has 0 aromatic carbocycles. The Morgan fingerprint density at radius 2 is 1.90 bits per heavy atom. The summed E-state index contributed by atoms with van der Waals surface area (Å²) in [5.74, 6) is 0.203. The second kappa shape index (κ2) is 2.52. The Labute approximate surface area is 67.9 Å². The van der Waals surface area contributed by atoms with Gasteiger partial charge in [-0.1, -0.05) is 23.2 Å². The fourth-order valence-corrected chi connectivity index (χ4v) is 0.790. The molecule has 0 atom stereocenters. The van der Waals surface area contributed by atoms with Gasteiger partial charge in [0.25, 0.3) is 0 Å². The molecule has 1 aromatic heterocycles. The third-order valence-corrected chi connectivity index (χ3v) is 1.83. The van der Waals surface area contributed by atoms with Crippen molar-refractivity contribution in [1.82, 2.24) is 4.98 Å². The maximum atomic E-state index is 5.61. The molecule has 0 unspecified atom stereocenters. The Balaban J connectivity index is 3.34. The molecule has 0 saturated heterocycles. The Bertz CT molecular complexity index is 234. The molecule has 1 aromatic rings. The quantitative estimate of drug-likeness (QED) is 0.633. The average molecular weight is 178 g/mol. The van der Waals surface area contributed by atoms with E-state index in [0.717, 1.165) is 0 Å². The molecule has 5 heteroatoms. The molecule has 4 N–H and O–H groups in total. The summed E-state index contributed by atoms with van der Waals surface area (Å²) in [6, 6.07) is 0. The van der Waals surface area contributed by atoms with Gasteiger partial charge < -0.3 is 11.5 Å². The highest BCUT2D eigenvalue weighted by Crippen LogP contribution is 2.29. The van der Waals surface area contributed by atoms with E-state index in [1.54, 1.807) is 0 Å². The highest BCUT2D eigenvalue weighted by molar-refractivity contribution is 6.43. The molecule has 1 heterocycles. The van der Waals surface area contributed by atoms with Gasteiger partial charge in [0.05, 0.1) is 15.7 Å². The second-order valence-electron chi connectivity index (χ2n) is 1.72. The third-order valence-electron chi connectivity index (χ3n) is 1.04. The van der Waals surface area contributed by atoms with Gasteiger partial charge in [-0.15, -0.1) is 0 Å². The van der Waals surface area contributed by atoms with Gasteiger partial charge in [-0.3, -0.25) is 0 Å². The summed E-state index contributed by atoms with van der Waals surface area (Å²) in [7, 11) is 0. The van der Waals surface area contributed by atoms with Crippen molar-refractivity contribution in [3.8, 4) is 0 Å². The number of aromatic nitrogens is 1. The van der Waals surface area contributed by atoms with Crippen LogP contribution in [0.4, 0.5) is 11.5 Å². The van der Waals surface area contributed by atoms with Crippen molar-refractivity contribution >= 4 is 34.7 Å². The fourth-order valence-electron chi connectivity index (χ4n) is 0.494. The fraction of sp³-hybridized carbons (Fsp3) is 0. The number of halogens is 2. The van der Waals surface area contributed by atoms with Crippen molar-refractivity contribution in [1.29, 1.82) is 0 Å².